The first-order valence-corrected chi connectivity index (χ1v) is 14.7. The summed E-state index contributed by atoms with van der Waals surface area (Å²) in [4.78, 5) is 20.1. The highest BCUT2D eigenvalue weighted by atomic mass is 15.1. The summed E-state index contributed by atoms with van der Waals surface area (Å²) in [7, 11) is 6.21. The molecule has 0 spiro atoms. The van der Waals surface area contributed by atoms with Gasteiger partial charge in [-0.05, 0) is 72.9 Å². The van der Waals surface area contributed by atoms with Crippen molar-refractivity contribution in [2.24, 2.45) is 24.1 Å². The van der Waals surface area contributed by atoms with Gasteiger partial charge in [-0.3, -0.25) is 0 Å². The minimum Gasteiger partial charge on any atom is -0.354 e. The number of rotatable bonds is 2. The zero-order valence-electron chi connectivity index (χ0n) is 24.8. The molecule has 44 heavy (non-hydrogen) atoms. The van der Waals surface area contributed by atoms with Crippen LogP contribution in [0.4, 0.5) is 0 Å². The Labute approximate surface area is 255 Å². The number of hydrogen-bond donors (Lipinski definition) is 2. The van der Waals surface area contributed by atoms with Gasteiger partial charge in [-0.2, -0.15) is 0 Å². The molecule has 7 nitrogen and oxygen atoms in total. The molecule has 0 aliphatic carbocycles. The van der Waals surface area contributed by atoms with Gasteiger partial charge in [0.05, 0.1) is 61.7 Å². The molecule has 4 aliphatic rings. The number of likely N-dealkylation sites (N-methyl/N-ethyl adjacent to an activating group) is 1. The van der Waals surface area contributed by atoms with E-state index in [2.05, 4.69) is 149 Å². The van der Waals surface area contributed by atoms with Crippen LogP contribution in [-0.2, 0) is 14.1 Å². The summed E-state index contributed by atoms with van der Waals surface area (Å²) in [5.74, 6) is 0. The zero-order valence-corrected chi connectivity index (χ0v) is 24.8. The van der Waals surface area contributed by atoms with Crippen molar-refractivity contribution in [3.8, 4) is 0 Å². The lowest BCUT2D eigenvalue weighted by molar-refractivity contribution is -0.673. The van der Waals surface area contributed by atoms with Crippen molar-refractivity contribution in [1.82, 2.24) is 14.9 Å². The normalized spacial score (nSPS) is 18.7. The monoisotopic (exact) mass is 573 g/mol. The molecule has 4 aromatic heterocycles. The number of nitrogens with one attached hydrogen (secondary N) is 2. The number of H-pyrrole nitrogens is 2. The fraction of sp³-hybridized carbons (Fsp3) is 0.0811. The van der Waals surface area contributed by atoms with Gasteiger partial charge >= 0.3 is 0 Å². The van der Waals surface area contributed by atoms with Crippen molar-refractivity contribution in [2.75, 3.05) is 7.05 Å². The summed E-state index contributed by atoms with van der Waals surface area (Å²) in [5, 5.41) is 1.94. The second kappa shape index (κ2) is 10.2. The molecule has 4 aliphatic heterocycles. The Hall–Kier alpha value is -5.82. The van der Waals surface area contributed by atoms with Gasteiger partial charge in [0.2, 0.25) is 11.4 Å². The predicted molar refractivity (Wildman–Crippen MR) is 174 cm³/mol. The highest BCUT2D eigenvalue weighted by Crippen LogP contribution is 2.33. The molecule has 0 radical (unpaired) electrons. The lowest BCUT2D eigenvalue weighted by atomic mass is 10.0. The standard InChI is InChI=1S/C37H30N7/c1-42-21-7-4-10-32(42)35-26-15-13-24(38-26)25-14-16-27(39-25)36(33-11-5-8-22-43(33)2)29-18-20-31(41-29)37(30-19-17-28(35)40-30)34-12-6-9-23-44(34)3/h4-23H,1-3H3,(H,40,41)/q+1/p+1. The Morgan fingerprint density at radius 1 is 0.591 bits per heavy atom. The maximum absolute atomic E-state index is 5.32. The van der Waals surface area contributed by atoms with E-state index in [4.69, 9.17) is 9.98 Å². The molecule has 8 bridgehead atoms. The van der Waals surface area contributed by atoms with Crippen molar-refractivity contribution in [3.05, 3.63) is 167 Å². The molecule has 2 N–H and O–H groups in total. The van der Waals surface area contributed by atoms with Crippen LogP contribution in [0.5, 0.6) is 0 Å². The van der Waals surface area contributed by atoms with Crippen molar-refractivity contribution in [2.45, 2.75) is 0 Å². The number of aryl methyl sites for hydroxylation is 2. The topological polar surface area (TPSA) is 67.3 Å². The smallest absolute Gasteiger partial charge is 0.216 e. The highest BCUT2D eigenvalue weighted by Gasteiger charge is 2.27. The van der Waals surface area contributed by atoms with Gasteiger partial charge in [0.1, 0.15) is 14.1 Å². The summed E-state index contributed by atoms with van der Waals surface area (Å²) in [6.07, 6.45) is 20.9. The van der Waals surface area contributed by atoms with Crippen LogP contribution in [0.25, 0.3) is 22.4 Å². The third kappa shape index (κ3) is 4.21. The molecule has 7 heteroatoms. The molecule has 0 saturated carbocycles. The molecule has 0 aromatic carbocycles. The summed E-state index contributed by atoms with van der Waals surface area (Å²) in [6.45, 7) is 0. The van der Waals surface area contributed by atoms with Crippen molar-refractivity contribution in [3.63, 3.8) is 0 Å². The Bertz CT molecular complexity index is 2260. The number of allylic oxidation sites excluding steroid dienone is 7. The lowest BCUT2D eigenvalue weighted by Crippen LogP contribution is -2.35. The maximum atomic E-state index is 5.32. The van der Waals surface area contributed by atoms with E-state index in [-0.39, 0.29) is 0 Å². The fourth-order valence-electron chi connectivity index (χ4n) is 6.24. The van der Waals surface area contributed by atoms with Crippen LogP contribution in [0.15, 0.2) is 143 Å². The molecule has 0 saturated heterocycles. The summed E-state index contributed by atoms with van der Waals surface area (Å²) < 4.78 is 4.28. The number of aromatic amines is 2. The minimum atomic E-state index is 0.889. The summed E-state index contributed by atoms with van der Waals surface area (Å²) in [5.41, 5.74) is 11.8. The van der Waals surface area contributed by atoms with E-state index in [9.17, 15) is 0 Å². The van der Waals surface area contributed by atoms with E-state index in [0.717, 1.165) is 78.7 Å². The van der Waals surface area contributed by atoms with Crippen molar-refractivity contribution >= 4 is 33.8 Å². The molecule has 0 fully saturated rings. The molecule has 8 rings (SSSR count). The number of fused-ring (bicyclic) bond motifs is 6. The number of hydrogen-bond acceptors (Lipinski definition) is 3. The van der Waals surface area contributed by atoms with E-state index < -0.39 is 0 Å². The van der Waals surface area contributed by atoms with Crippen molar-refractivity contribution in [1.29, 1.82) is 0 Å². The molecule has 0 amide bonds. The first-order chi connectivity index (χ1) is 21.5. The van der Waals surface area contributed by atoms with E-state index in [1.807, 2.05) is 18.2 Å². The number of aromatic nitrogens is 4. The summed E-state index contributed by atoms with van der Waals surface area (Å²) in [6, 6.07) is 21.1. The Balaban J connectivity index is 1.50. The zero-order chi connectivity index (χ0) is 29.8. The van der Waals surface area contributed by atoms with E-state index >= 15 is 0 Å². The van der Waals surface area contributed by atoms with Gasteiger partial charge in [-0.25, -0.2) is 19.1 Å². The largest absolute Gasteiger partial charge is 0.354 e. The number of pyridine rings is 2. The average Bonchev–Trinajstić information content (AvgIpc) is 3.85. The van der Waals surface area contributed by atoms with Gasteiger partial charge in [0.25, 0.3) is 0 Å². The number of aliphatic imine (C=N–C) groups is 2. The quantitative estimate of drug-likeness (QED) is 0.354. The third-order valence-corrected chi connectivity index (χ3v) is 8.44. The van der Waals surface area contributed by atoms with Crippen LogP contribution in [0.1, 0.15) is 22.8 Å². The Morgan fingerprint density at radius 3 is 1.95 bits per heavy atom. The second-order valence-corrected chi connectivity index (χ2v) is 11.2. The van der Waals surface area contributed by atoms with Crippen LogP contribution < -0.4 is 19.8 Å². The molecule has 0 atom stereocenters. The Morgan fingerprint density at radius 2 is 1.23 bits per heavy atom. The van der Waals surface area contributed by atoms with Crippen LogP contribution in [0.2, 0.25) is 0 Å². The van der Waals surface area contributed by atoms with Crippen LogP contribution >= 0.6 is 0 Å². The van der Waals surface area contributed by atoms with Crippen molar-refractivity contribution < 1.29 is 9.13 Å². The maximum Gasteiger partial charge on any atom is 0.216 e. The van der Waals surface area contributed by atoms with Crippen LogP contribution in [-0.4, -0.2) is 33.3 Å². The van der Waals surface area contributed by atoms with E-state index in [1.165, 1.54) is 0 Å². The highest BCUT2D eigenvalue weighted by molar-refractivity contribution is 6.33. The summed E-state index contributed by atoms with van der Waals surface area (Å²) >= 11 is 0. The average molecular weight is 574 g/mol. The van der Waals surface area contributed by atoms with Crippen LogP contribution in [0.3, 0.4) is 0 Å². The second-order valence-electron chi connectivity index (χ2n) is 11.2. The first kappa shape index (κ1) is 25.9. The Kier molecular flexibility index (Phi) is 5.98. The molecule has 212 valence electrons. The molecular weight excluding hydrogens is 542 g/mol. The minimum absolute atomic E-state index is 0.889. The van der Waals surface area contributed by atoms with Gasteiger partial charge in [0.15, 0.2) is 12.4 Å². The third-order valence-electron chi connectivity index (χ3n) is 8.44. The van der Waals surface area contributed by atoms with Gasteiger partial charge in [-0.15, -0.1) is 0 Å². The molecular formula is C37H31N7+2. The SMILES string of the molecule is CN1C=CC=CC1=C1C2=NC(=c3ccc([nH]3)=C(c3cccc[n+]3C)C3=NC(=C(c4cccc[n+]4C)c4ccc1[nH]4)C=C3)C=C2. The van der Waals surface area contributed by atoms with Crippen LogP contribution in [0, 0.1) is 0 Å². The van der Waals surface area contributed by atoms with Gasteiger partial charge in [0, 0.05) is 43.1 Å². The van der Waals surface area contributed by atoms with Gasteiger partial charge in [-0.1, -0.05) is 6.08 Å². The lowest BCUT2D eigenvalue weighted by Gasteiger charge is -2.22. The number of nitrogens with zero attached hydrogens (tertiary/aromatic N) is 5. The molecule has 4 aromatic rings. The van der Waals surface area contributed by atoms with Gasteiger partial charge < -0.3 is 14.9 Å². The fourth-order valence-corrected chi connectivity index (χ4v) is 6.24. The van der Waals surface area contributed by atoms with E-state index in [1.54, 1.807) is 0 Å². The van der Waals surface area contributed by atoms with E-state index in [0.29, 0.717) is 0 Å². The first-order valence-electron chi connectivity index (χ1n) is 14.7. The molecule has 8 heterocycles. The molecule has 0 unspecified atom stereocenters. The predicted octanol–water partition coefficient (Wildman–Crippen LogP) is 3.52.